The van der Waals surface area contributed by atoms with Crippen LogP contribution in [0, 0.1) is 0 Å². The zero-order valence-corrected chi connectivity index (χ0v) is 29.3. The van der Waals surface area contributed by atoms with E-state index in [1.165, 1.54) is 225 Å². The summed E-state index contributed by atoms with van der Waals surface area (Å²) in [6.07, 6.45) is 51.9. The molecule has 0 rings (SSSR count). The lowest BCUT2D eigenvalue weighted by Crippen LogP contribution is -1.87. The maximum absolute atomic E-state index is 5.77. The van der Waals surface area contributed by atoms with Crippen LogP contribution in [0.4, 0.5) is 0 Å². The summed E-state index contributed by atoms with van der Waals surface area (Å²) in [5.74, 6) is 0. The van der Waals surface area contributed by atoms with E-state index in [9.17, 15) is 0 Å². The summed E-state index contributed by atoms with van der Waals surface area (Å²) in [7, 11) is 0. The van der Waals surface area contributed by atoms with Gasteiger partial charge >= 0.3 is 0 Å². The molecule has 0 aliphatic heterocycles. The third-order valence-corrected chi connectivity index (χ3v) is 9.46. The van der Waals surface area contributed by atoms with Crippen LogP contribution in [0.2, 0.25) is 0 Å². The minimum Gasteiger partial charge on any atom is -0.105 e. The zero-order valence-electron chi connectivity index (χ0n) is 27.8. The van der Waals surface area contributed by atoms with E-state index in [4.69, 9.17) is 23.2 Å². The summed E-state index contributed by atoms with van der Waals surface area (Å²) in [5, 5.41) is 0. The van der Waals surface area contributed by atoms with Gasteiger partial charge in [0, 0.05) is 0 Å². The van der Waals surface area contributed by atoms with Crippen molar-refractivity contribution in [2.75, 3.05) is 0 Å². The van der Waals surface area contributed by atoms with E-state index < -0.39 is 0 Å². The van der Waals surface area contributed by atoms with Crippen LogP contribution in [0.25, 0.3) is 0 Å². The van der Waals surface area contributed by atoms with Crippen LogP contribution in [0.5, 0.6) is 0 Å². The molecular weight excluding hydrogens is 527 g/mol. The smallest absolute Gasteiger partial charge is 0.105 e. The molecule has 0 heterocycles. The van der Waals surface area contributed by atoms with E-state index >= 15 is 0 Å². The van der Waals surface area contributed by atoms with E-state index in [0.717, 1.165) is 6.42 Å². The largest absolute Gasteiger partial charge is 0.107 e. The minimum atomic E-state index is -0.159. The first-order valence-electron chi connectivity index (χ1n) is 19.1. The highest BCUT2D eigenvalue weighted by molar-refractivity contribution is 6.44. The summed E-state index contributed by atoms with van der Waals surface area (Å²) in [4.78, 5) is -0.159. The van der Waals surface area contributed by atoms with Crippen molar-refractivity contribution < 1.29 is 0 Å². The van der Waals surface area contributed by atoms with Gasteiger partial charge in [0.1, 0.15) is 4.84 Å². The summed E-state index contributed by atoms with van der Waals surface area (Å²) < 4.78 is 0. The second-order valence-corrected chi connectivity index (χ2v) is 14.5. The Morgan fingerprint density at radius 3 is 0.550 bits per heavy atom. The molecule has 242 valence electrons. The average Bonchev–Trinajstić information content (AvgIpc) is 2.95. The van der Waals surface area contributed by atoms with Crippen molar-refractivity contribution in [2.24, 2.45) is 0 Å². The first kappa shape index (κ1) is 40.6. The van der Waals surface area contributed by atoms with Gasteiger partial charge in [-0.15, -0.1) is 23.2 Å². The van der Waals surface area contributed by atoms with Crippen LogP contribution >= 0.6 is 23.2 Å². The average molecular weight is 604 g/mol. The summed E-state index contributed by atoms with van der Waals surface area (Å²) in [6.45, 7) is 2.31. The van der Waals surface area contributed by atoms with Crippen LogP contribution in [0.3, 0.4) is 0 Å². The first-order valence-corrected chi connectivity index (χ1v) is 19.9. The molecule has 0 N–H and O–H groups in total. The normalized spacial score (nSPS) is 11.7. The maximum atomic E-state index is 5.77. The SMILES string of the molecule is CCCCCCCCCCCCCCCCCCCCCCCCCCCCCCCCCCCCCC(Cl)Cl. The fourth-order valence-electron chi connectivity index (χ4n) is 6.21. The molecule has 0 aromatic heterocycles. The molecule has 0 bridgehead atoms. The van der Waals surface area contributed by atoms with Gasteiger partial charge in [-0.05, 0) is 6.42 Å². The van der Waals surface area contributed by atoms with E-state index in [2.05, 4.69) is 6.92 Å². The Morgan fingerprint density at radius 2 is 0.400 bits per heavy atom. The number of hydrogen-bond donors (Lipinski definition) is 0. The highest BCUT2D eigenvalue weighted by atomic mass is 35.5. The lowest BCUT2D eigenvalue weighted by Gasteiger charge is -2.05. The van der Waals surface area contributed by atoms with Crippen molar-refractivity contribution in [1.82, 2.24) is 0 Å². The van der Waals surface area contributed by atoms with Crippen molar-refractivity contribution in [3.63, 3.8) is 0 Å². The number of unbranched alkanes of at least 4 members (excludes halogenated alkanes) is 34. The molecule has 0 saturated heterocycles. The van der Waals surface area contributed by atoms with Gasteiger partial charge in [-0.25, -0.2) is 0 Å². The molecule has 0 radical (unpaired) electrons. The van der Waals surface area contributed by atoms with E-state index in [1.54, 1.807) is 0 Å². The van der Waals surface area contributed by atoms with Gasteiger partial charge in [-0.1, -0.05) is 232 Å². The predicted octanol–water partition coefficient (Wildman–Crippen LogP) is 15.9. The molecule has 0 fully saturated rings. The molecule has 0 spiro atoms. The molecule has 40 heavy (non-hydrogen) atoms. The molecule has 0 aromatic carbocycles. The first-order chi connectivity index (χ1) is 19.8. The molecule has 0 aliphatic carbocycles. The monoisotopic (exact) mass is 603 g/mol. The van der Waals surface area contributed by atoms with Gasteiger partial charge in [-0.3, -0.25) is 0 Å². The number of halogens is 2. The minimum absolute atomic E-state index is 0.159. The fraction of sp³-hybridized carbons (Fsp3) is 1.00. The second-order valence-electron chi connectivity index (χ2n) is 13.2. The topological polar surface area (TPSA) is 0 Å². The van der Waals surface area contributed by atoms with Gasteiger partial charge in [0.2, 0.25) is 0 Å². The molecule has 0 aromatic rings. The van der Waals surface area contributed by atoms with E-state index in [1.807, 2.05) is 0 Å². The Labute approximate surface area is 265 Å². The Hall–Kier alpha value is 0.580. The molecule has 0 saturated carbocycles. The van der Waals surface area contributed by atoms with Crippen molar-refractivity contribution >= 4 is 23.2 Å². The summed E-state index contributed by atoms with van der Waals surface area (Å²) in [5.41, 5.74) is 0. The highest BCUT2D eigenvalue weighted by Crippen LogP contribution is 2.18. The molecule has 0 nitrogen and oxygen atoms in total. The Balaban J connectivity index is 3.02. The number of alkyl halides is 2. The van der Waals surface area contributed by atoms with Gasteiger partial charge in [-0.2, -0.15) is 0 Å². The quantitative estimate of drug-likeness (QED) is 0.0494. The lowest BCUT2D eigenvalue weighted by atomic mass is 10.0. The molecule has 0 unspecified atom stereocenters. The van der Waals surface area contributed by atoms with Crippen LogP contribution in [-0.4, -0.2) is 4.84 Å². The van der Waals surface area contributed by atoms with Crippen LogP contribution in [-0.2, 0) is 0 Å². The molecular formula is C38H76Cl2. The summed E-state index contributed by atoms with van der Waals surface area (Å²) in [6, 6.07) is 0. The van der Waals surface area contributed by atoms with Crippen molar-refractivity contribution in [3.8, 4) is 0 Å². The second kappa shape index (κ2) is 37.6. The maximum Gasteiger partial charge on any atom is 0.107 e. The van der Waals surface area contributed by atoms with E-state index in [0.29, 0.717) is 0 Å². The lowest BCUT2D eigenvalue weighted by molar-refractivity contribution is 0.510. The Morgan fingerprint density at radius 1 is 0.250 bits per heavy atom. The molecule has 0 atom stereocenters. The van der Waals surface area contributed by atoms with Crippen molar-refractivity contribution in [3.05, 3.63) is 0 Å². The van der Waals surface area contributed by atoms with Crippen molar-refractivity contribution in [1.29, 1.82) is 0 Å². The zero-order chi connectivity index (χ0) is 29.0. The van der Waals surface area contributed by atoms with Gasteiger partial charge in [0.05, 0.1) is 0 Å². The molecule has 2 heteroatoms. The fourth-order valence-corrected chi connectivity index (χ4v) is 6.51. The van der Waals surface area contributed by atoms with Gasteiger partial charge in [0.25, 0.3) is 0 Å². The third-order valence-electron chi connectivity index (χ3n) is 9.03. The predicted molar refractivity (Wildman–Crippen MR) is 187 cm³/mol. The number of rotatable bonds is 36. The number of hydrogen-bond acceptors (Lipinski definition) is 0. The van der Waals surface area contributed by atoms with Gasteiger partial charge in [0.15, 0.2) is 0 Å². The highest BCUT2D eigenvalue weighted by Gasteiger charge is 1.99. The summed E-state index contributed by atoms with van der Waals surface area (Å²) >= 11 is 11.5. The third kappa shape index (κ3) is 38.6. The standard InChI is InChI=1S/C38H76Cl2/c1-2-3-4-5-6-7-8-9-10-11-12-13-14-15-16-17-18-19-20-21-22-23-24-25-26-27-28-29-30-31-32-33-34-35-36-37-38(39)40/h38H,2-37H2,1H3. The van der Waals surface area contributed by atoms with Crippen LogP contribution < -0.4 is 0 Å². The van der Waals surface area contributed by atoms with E-state index in [-0.39, 0.29) is 4.84 Å². The molecule has 0 amide bonds. The van der Waals surface area contributed by atoms with Gasteiger partial charge < -0.3 is 0 Å². The Bertz CT molecular complexity index is 422. The van der Waals surface area contributed by atoms with Crippen LogP contribution in [0.1, 0.15) is 238 Å². The Kier molecular flexibility index (Phi) is 38.2. The van der Waals surface area contributed by atoms with Crippen LogP contribution in [0.15, 0.2) is 0 Å². The molecule has 0 aliphatic rings. The van der Waals surface area contributed by atoms with Crippen molar-refractivity contribution in [2.45, 2.75) is 243 Å².